The van der Waals surface area contributed by atoms with E-state index in [2.05, 4.69) is 15.5 Å². The van der Waals surface area contributed by atoms with Crippen LogP contribution in [0.5, 0.6) is 0 Å². The molecule has 3 rings (SSSR count). The second-order valence-corrected chi connectivity index (χ2v) is 6.76. The maximum Gasteiger partial charge on any atom is 0.277 e. The highest BCUT2D eigenvalue weighted by Crippen LogP contribution is 2.26. The molecule has 0 aliphatic carbocycles. The Hall–Kier alpha value is -2.25. The van der Waals surface area contributed by atoms with Gasteiger partial charge in [-0.3, -0.25) is 4.79 Å². The van der Waals surface area contributed by atoms with Crippen molar-refractivity contribution >= 4 is 29.3 Å². The Bertz CT molecular complexity index is 877. The number of benzene rings is 1. The molecule has 25 heavy (non-hydrogen) atoms. The van der Waals surface area contributed by atoms with Gasteiger partial charge in [0.1, 0.15) is 5.76 Å². The molecule has 6 nitrogen and oxygen atoms in total. The number of rotatable bonds is 6. The van der Waals surface area contributed by atoms with E-state index in [1.165, 1.54) is 11.8 Å². The van der Waals surface area contributed by atoms with Gasteiger partial charge < -0.3 is 14.2 Å². The highest BCUT2D eigenvalue weighted by molar-refractivity contribution is 7.99. The van der Waals surface area contributed by atoms with E-state index in [1.807, 2.05) is 32.0 Å². The summed E-state index contributed by atoms with van der Waals surface area (Å²) < 4.78 is 10.8. The Morgan fingerprint density at radius 2 is 2.20 bits per heavy atom. The van der Waals surface area contributed by atoms with Gasteiger partial charge in [-0.1, -0.05) is 35.5 Å². The van der Waals surface area contributed by atoms with Crippen LogP contribution in [0.1, 0.15) is 24.3 Å². The number of nitrogens with one attached hydrogen (secondary N) is 1. The summed E-state index contributed by atoms with van der Waals surface area (Å²) in [6, 6.07) is 9.02. The van der Waals surface area contributed by atoms with E-state index >= 15 is 0 Å². The molecule has 130 valence electrons. The first-order valence-corrected chi connectivity index (χ1v) is 8.95. The number of carbonyl (C=O) groups excluding carboxylic acids is 1. The number of carbonyl (C=O) groups is 1. The fourth-order valence-corrected chi connectivity index (χ4v) is 3.03. The van der Waals surface area contributed by atoms with Crippen molar-refractivity contribution in [3.63, 3.8) is 0 Å². The van der Waals surface area contributed by atoms with Gasteiger partial charge in [-0.05, 0) is 37.6 Å². The number of amides is 1. The van der Waals surface area contributed by atoms with Crippen LogP contribution < -0.4 is 5.32 Å². The van der Waals surface area contributed by atoms with E-state index in [0.717, 1.165) is 11.1 Å². The first-order valence-electron chi connectivity index (χ1n) is 7.58. The van der Waals surface area contributed by atoms with Gasteiger partial charge in [0.05, 0.1) is 23.6 Å². The largest absolute Gasteiger partial charge is 0.469 e. The zero-order valence-corrected chi connectivity index (χ0v) is 15.2. The molecular weight excluding hydrogens is 362 g/mol. The number of furan rings is 1. The van der Waals surface area contributed by atoms with Crippen molar-refractivity contribution in [2.24, 2.45) is 0 Å². The molecule has 2 aromatic heterocycles. The molecule has 0 saturated carbocycles. The molecule has 0 saturated heterocycles. The van der Waals surface area contributed by atoms with Gasteiger partial charge in [0.25, 0.3) is 11.1 Å². The fourth-order valence-electron chi connectivity index (χ4n) is 2.25. The Labute approximate surface area is 154 Å². The molecule has 0 bridgehead atoms. The minimum absolute atomic E-state index is 0.128. The number of aromatic nitrogens is 2. The normalized spacial score (nSPS) is 12.1. The molecule has 0 unspecified atom stereocenters. The average Bonchev–Trinajstić information content (AvgIpc) is 3.21. The average molecular weight is 378 g/mol. The summed E-state index contributed by atoms with van der Waals surface area (Å²) in [5.74, 6) is 1.13. The lowest BCUT2D eigenvalue weighted by Crippen LogP contribution is -2.28. The summed E-state index contributed by atoms with van der Waals surface area (Å²) in [7, 11) is 0. The van der Waals surface area contributed by atoms with E-state index in [4.69, 9.17) is 20.4 Å². The Kier molecular flexibility index (Phi) is 5.45. The second-order valence-electron chi connectivity index (χ2n) is 5.40. The number of thioether (sulfide) groups is 1. The molecule has 0 fully saturated rings. The van der Waals surface area contributed by atoms with E-state index < -0.39 is 0 Å². The molecule has 0 aliphatic rings. The summed E-state index contributed by atoms with van der Waals surface area (Å²) in [6.07, 6.45) is 1.56. The maximum atomic E-state index is 12.1. The molecule has 1 N–H and O–H groups in total. The highest BCUT2D eigenvalue weighted by atomic mass is 35.5. The number of nitrogens with zero attached hydrogens (tertiary/aromatic N) is 2. The van der Waals surface area contributed by atoms with Crippen molar-refractivity contribution in [1.29, 1.82) is 0 Å². The van der Waals surface area contributed by atoms with Crippen LogP contribution in [-0.2, 0) is 4.79 Å². The predicted molar refractivity (Wildman–Crippen MR) is 95.5 cm³/mol. The fraction of sp³-hybridized carbons (Fsp3) is 0.235. The summed E-state index contributed by atoms with van der Waals surface area (Å²) in [5, 5.41) is 11.8. The van der Waals surface area contributed by atoms with Gasteiger partial charge in [-0.2, -0.15) is 0 Å². The van der Waals surface area contributed by atoms with Crippen LogP contribution in [0.2, 0.25) is 5.02 Å². The molecule has 8 heteroatoms. The minimum atomic E-state index is -0.140. The van der Waals surface area contributed by atoms with Crippen molar-refractivity contribution in [2.45, 2.75) is 25.1 Å². The van der Waals surface area contributed by atoms with Gasteiger partial charge in [-0.25, -0.2) is 0 Å². The number of hydrogen-bond donors (Lipinski definition) is 1. The first-order chi connectivity index (χ1) is 12.0. The number of halogens is 1. The molecule has 0 radical (unpaired) electrons. The van der Waals surface area contributed by atoms with Crippen LogP contribution in [0.3, 0.4) is 0 Å². The highest BCUT2D eigenvalue weighted by Gasteiger charge is 2.15. The van der Waals surface area contributed by atoms with E-state index in [9.17, 15) is 4.79 Å². The van der Waals surface area contributed by atoms with Gasteiger partial charge in [0.2, 0.25) is 5.91 Å². The van der Waals surface area contributed by atoms with Crippen LogP contribution in [0, 0.1) is 6.92 Å². The SMILES string of the molecule is Cc1occc1-c1nnc(SCC(=O)N[C@@H](C)c2cccc(Cl)c2)o1. The van der Waals surface area contributed by atoms with E-state index in [-0.39, 0.29) is 17.7 Å². The van der Waals surface area contributed by atoms with Crippen molar-refractivity contribution in [3.05, 3.63) is 52.9 Å². The third-order valence-electron chi connectivity index (χ3n) is 3.55. The smallest absolute Gasteiger partial charge is 0.277 e. The summed E-state index contributed by atoms with van der Waals surface area (Å²) >= 11 is 7.16. The lowest BCUT2D eigenvalue weighted by atomic mass is 10.1. The minimum Gasteiger partial charge on any atom is -0.469 e. The third kappa shape index (κ3) is 4.43. The van der Waals surface area contributed by atoms with Gasteiger partial charge in [0, 0.05) is 5.02 Å². The molecule has 1 atom stereocenters. The molecule has 3 aromatic rings. The van der Waals surface area contributed by atoms with Crippen molar-refractivity contribution in [2.75, 3.05) is 5.75 Å². The van der Waals surface area contributed by atoms with Crippen LogP contribution in [0.15, 0.2) is 50.7 Å². The lowest BCUT2D eigenvalue weighted by Gasteiger charge is -2.14. The Balaban J connectivity index is 1.54. The topological polar surface area (TPSA) is 81.2 Å². The van der Waals surface area contributed by atoms with Gasteiger partial charge >= 0.3 is 0 Å². The summed E-state index contributed by atoms with van der Waals surface area (Å²) in [4.78, 5) is 12.1. The Morgan fingerprint density at radius 1 is 1.36 bits per heavy atom. The van der Waals surface area contributed by atoms with Crippen molar-refractivity contribution in [1.82, 2.24) is 15.5 Å². The first kappa shape index (κ1) is 17.6. The predicted octanol–water partition coefficient (Wildman–Crippen LogP) is 4.26. The molecule has 1 amide bonds. The monoisotopic (exact) mass is 377 g/mol. The van der Waals surface area contributed by atoms with Crippen molar-refractivity contribution in [3.8, 4) is 11.5 Å². The lowest BCUT2D eigenvalue weighted by molar-refractivity contribution is -0.119. The second kappa shape index (κ2) is 7.76. The summed E-state index contributed by atoms with van der Waals surface area (Å²) in [5.41, 5.74) is 1.69. The standard InChI is InChI=1S/C17H16ClN3O3S/c1-10(12-4-3-5-13(18)8-12)19-15(22)9-25-17-21-20-16(24-17)14-6-7-23-11(14)2/h3-8,10H,9H2,1-2H3,(H,19,22)/t10-/m0/s1. The zero-order chi connectivity index (χ0) is 17.8. The van der Waals surface area contributed by atoms with Crippen LogP contribution >= 0.6 is 23.4 Å². The zero-order valence-electron chi connectivity index (χ0n) is 13.7. The van der Waals surface area contributed by atoms with Crippen LogP contribution in [-0.4, -0.2) is 21.9 Å². The third-order valence-corrected chi connectivity index (χ3v) is 4.60. The molecule has 1 aromatic carbocycles. The van der Waals surface area contributed by atoms with Gasteiger partial charge in [-0.15, -0.1) is 10.2 Å². The molecule has 0 aliphatic heterocycles. The van der Waals surface area contributed by atoms with E-state index in [1.54, 1.807) is 18.4 Å². The van der Waals surface area contributed by atoms with Crippen LogP contribution in [0.25, 0.3) is 11.5 Å². The van der Waals surface area contributed by atoms with Crippen LogP contribution in [0.4, 0.5) is 0 Å². The quantitative estimate of drug-likeness (QED) is 0.646. The molecule has 2 heterocycles. The molecular formula is C17H16ClN3O3S. The summed E-state index contributed by atoms with van der Waals surface area (Å²) in [6.45, 7) is 3.72. The number of aryl methyl sites for hydroxylation is 1. The number of hydrogen-bond acceptors (Lipinski definition) is 6. The van der Waals surface area contributed by atoms with Crippen molar-refractivity contribution < 1.29 is 13.6 Å². The van der Waals surface area contributed by atoms with E-state index in [0.29, 0.717) is 21.9 Å². The van der Waals surface area contributed by atoms with Gasteiger partial charge in [0.15, 0.2) is 0 Å². The Morgan fingerprint density at radius 3 is 2.92 bits per heavy atom. The maximum absolute atomic E-state index is 12.1. The molecule has 0 spiro atoms.